The predicted octanol–water partition coefficient (Wildman–Crippen LogP) is 2.52. The van der Waals surface area contributed by atoms with E-state index in [0.717, 1.165) is 19.3 Å². The minimum absolute atomic E-state index is 0.0250. The molecule has 0 spiro atoms. The zero-order valence-electron chi connectivity index (χ0n) is 14.1. The van der Waals surface area contributed by atoms with Gasteiger partial charge in [0, 0.05) is 5.56 Å². The number of sulfonamides is 1. The summed E-state index contributed by atoms with van der Waals surface area (Å²) in [6.07, 6.45) is 2.82. The first kappa shape index (κ1) is 17.5. The molecular weight excluding hydrogens is 344 g/mol. The molecule has 1 N–H and O–H groups in total. The van der Waals surface area contributed by atoms with Crippen molar-refractivity contribution in [1.29, 1.82) is 0 Å². The predicted molar refractivity (Wildman–Crippen MR) is 91.8 cm³/mol. The van der Waals surface area contributed by atoms with Crippen LogP contribution in [0.25, 0.3) is 11.5 Å². The number of aryl methyl sites for hydroxylation is 1. The van der Waals surface area contributed by atoms with Crippen LogP contribution in [0.2, 0.25) is 0 Å². The van der Waals surface area contributed by atoms with E-state index in [4.69, 9.17) is 9.15 Å². The number of carbonyl (C=O) groups is 1. The number of hydrogen-bond donors (Lipinski definition) is 1. The van der Waals surface area contributed by atoms with E-state index in [-0.39, 0.29) is 29.0 Å². The zero-order valence-corrected chi connectivity index (χ0v) is 14.9. The third-order valence-electron chi connectivity index (χ3n) is 4.28. The van der Waals surface area contributed by atoms with Crippen LogP contribution < -0.4 is 9.46 Å². The van der Waals surface area contributed by atoms with Gasteiger partial charge in [0.1, 0.15) is 11.5 Å². The summed E-state index contributed by atoms with van der Waals surface area (Å²) in [4.78, 5) is 16.4. The monoisotopic (exact) mass is 364 g/mol. The molecule has 1 aliphatic rings. The molecule has 0 aliphatic heterocycles. The van der Waals surface area contributed by atoms with Crippen molar-refractivity contribution in [2.24, 2.45) is 5.92 Å². The molecule has 0 radical (unpaired) electrons. The van der Waals surface area contributed by atoms with Crippen molar-refractivity contribution in [3.63, 3.8) is 0 Å². The molecule has 0 atom stereocenters. The maximum absolute atomic E-state index is 12.3. The Morgan fingerprint density at radius 2 is 2.00 bits per heavy atom. The van der Waals surface area contributed by atoms with E-state index in [1.807, 2.05) is 0 Å². The third-order valence-corrected chi connectivity index (χ3v) is 5.68. The van der Waals surface area contributed by atoms with E-state index in [1.165, 1.54) is 0 Å². The molecule has 3 rings (SSSR count). The van der Waals surface area contributed by atoms with E-state index in [0.29, 0.717) is 11.3 Å². The van der Waals surface area contributed by atoms with Crippen LogP contribution >= 0.6 is 0 Å². The molecule has 0 saturated heterocycles. The Morgan fingerprint density at radius 3 is 2.56 bits per heavy atom. The smallest absolute Gasteiger partial charge is 0.286 e. The van der Waals surface area contributed by atoms with Crippen molar-refractivity contribution in [3.8, 4) is 17.2 Å². The number of oxazole rings is 1. The van der Waals surface area contributed by atoms with E-state index in [9.17, 15) is 13.2 Å². The Kier molecular flexibility index (Phi) is 4.80. The highest BCUT2D eigenvalue weighted by Gasteiger charge is 2.28. The van der Waals surface area contributed by atoms with Gasteiger partial charge in [-0.05, 0) is 49.9 Å². The van der Waals surface area contributed by atoms with Crippen molar-refractivity contribution in [2.75, 3.05) is 12.9 Å². The molecule has 1 fully saturated rings. The second-order valence-corrected chi connectivity index (χ2v) is 7.93. The lowest BCUT2D eigenvalue weighted by atomic mass is 9.87. The fourth-order valence-electron chi connectivity index (χ4n) is 2.67. The van der Waals surface area contributed by atoms with E-state index < -0.39 is 15.9 Å². The number of carbonyl (C=O) groups excluding carboxylic acids is 1. The molecule has 2 aromatic rings. The van der Waals surface area contributed by atoms with Crippen molar-refractivity contribution in [3.05, 3.63) is 35.7 Å². The van der Waals surface area contributed by atoms with Gasteiger partial charge in [-0.2, -0.15) is 0 Å². The molecule has 25 heavy (non-hydrogen) atoms. The molecule has 0 bridgehead atoms. The molecule has 134 valence electrons. The molecular formula is C17H20N2O5S. The summed E-state index contributed by atoms with van der Waals surface area (Å²) in [5, 5.41) is 0. The van der Waals surface area contributed by atoms with Crippen LogP contribution in [-0.2, 0) is 10.0 Å². The number of rotatable bonds is 6. The Hall–Kier alpha value is -2.35. The lowest BCUT2D eigenvalue weighted by molar-refractivity contribution is 0.0975. The van der Waals surface area contributed by atoms with Gasteiger partial charge in [0.2, 0.25) is 15.9 Å². The molecule has 7 nitrogen and oxygen atoms in total. The molecule has 8 heteroatoms. The van der Waals surface area contributed by atoms with E-state index in [2.05, 4.69) is 9.71 Å². The minimum Gasteiger partial charge on any atom is -0.497 e. The Morgan fingerprint density at radius 1 is 1.32 bits per heavy atom. The second kappa shape index (κ2) is 6.87. The fourth-order valence-corrected chi connectivity index (χ4v) is 4.08. The van der Waals surface area contributed by atoms with Crippen LogP contribution in [0.1, 0.15) is 35.5 Å². The SMILES string of the molecule is COc1ccc(-c2nc(C(=O)NS(=O)(=O)CC3CCC3)c(C)o2)cc1. The minimum atomic E-state index is -3.67. The average molecular weight is 364 g/mol. The summed E-state index contributed by atoms with van der Waals surface area (Å²) in [6, 6.07) is 6.99. The van der Waals surface area contributed by atoms with Crippen LogP contribution in [0.4, 0.5) is 0 Å². The molecule has 0 unspecified atom stereocenters. The summed E-state index contributed by atoms with van der Waals surface area (Å²) in [5.41, 5.74) is 0.642. The summed E-state index contributed by atoms with van der Waals surface area (Å²) in [6.45, 7) is 1.58. The van der Waals surface area contributed by atoms with Gasteiger partial charge in [-0.1, -0.05) is 6.42 Å². The molecule has 1 aromatic carbocycles. The van der Waals surface area contributed by atoms with Crippen LogP contribution in [0.3, 0.4) is 0 Å². The molecule has 1 aromatic heterocycles. The maximum Gasteiger partial charge on any atom is 0.286 e. The normalized spacial score (nSPS) is 14.8. The molecule has 1 amide bonds. The number of methoxy groups -OCH3 is 1. The fraction of sp³-hybridized carbons (Fsp3) is 0.412. The summed E-state index contributed by atoms with van der Waals surface area (Å²) >= 11 is 0. The summed E-state index contributed by atoms with van der Waals surface area (Å²) in [7, 11) is -2.10. The highest BCUT2D eigenvalue weighted by Crippen LogP contribution is 2.27. The average Bonchev–Trinajstić information content (AvgIpc) is 2.93. The van der Waals surface area contributed by atoms with Crippen LogP contribution in [-0.4, -0.2) is 32.2 Å². The Bertz CT molecular complexity index is 867. The largest absolute Gasteiger partial charge is 0.497 e. The number of amides is 1. The van der Waals surface area contributed by atoms with Crippen LogP contribution in [0.15, 0.2) is 28.7 Å². The van der Waals surface area contributed by atoms with Gasteiger partial charge in [-0.25, -0.2) is 18.1 Å². The number of ether oxygens (including phenoxy) is 1. The third kappa shape index (κ3) is 4.01. The van der Waals surface area contributed by atoms with Gasteiger partial charge >= 0.3 is 0 Å². The maximum atomic E-state index is 12.3. The van der Waals surface area contributed by atoms with Gasteiger partial charge in [0.25, 0.3) is 5.91 Å². The Labute approximate surface area is 146 Å². The quantitative estimate of drug-likeness (QED) is 0.846. The van der Waals surface area contributed by atoms with Crippen LogP contribution in [0.5, 0.6) is 5.75 Å². The number of aromatic nitrogens is 1. The van der Waals surface area contributed by atoms with Crippen molar-refractivity contribution in [2.45, 2.75) is 26.2 Å². The first-order valence-corrected chi connectivity index (χ1v) is 9.70. The molecule has 1 aliphatic carbocycles. The first-order chi connectivity index (χ1) is 11.9. The molecule has 1 heterocycles. The van der Waals surface area contributed by atoms with Gasteiger partial charge < -0.3 is 9.15 Å². The summed E-state index contributed by atoms with van der Waals surface area (Å²) in [5.74, 6) is 0.552. The highest BCUT2D eigenvalue weighted by atomic mass is 32.2. The van der Waals surface area contributed by atoms with Crippen molar-refractivity contribution in [1.82, 2.24) is 9.71 Å². The number of hydrogen-bond acceptors (Lipinski definition) is 6. The lowest BCUT2D eigenvalue weighted by Crippen LogP contribution is -2.36. The van der Waals surface area contributed by atoms with Gasteiger partial charge in [0.05, 0.1) is 12.9 Å². The van der Waals surface area contributed by atoms with Gasteiger partial charge in [-0.15, -0.1) is 0 Å². The van der Waals surface area contributed by atoms with Gasteiger partial charge in [-0.3, -0.25) is 4.79 Å². The van der Waals surface area contributed by atoms with E-state index in [1.54, 1.807) is 38.3 Å². The van der Waals surface area contributed by atoms with Crippen LogP contribution in [0, 0.1) is 12.8 Å². The van der Waals surface area contributed by atoms with E-state index >= 15 is 0 Å². The first-order valence-electron chi connectivity index (χ1n) is 8.04. The van der Waals surface area contributed by atoms with Crippen molar-refractivity contribution < 1.29 is 22.4 Å². The lowest BCUT2D eigenvalue weighted by Gasteiger charge is -2.24. The zero-order chi connectivity index (χ0) is 18.0. The standard InChI is InChI=1S/C17H20N2O5S/c1-11-15(16(20)19-25(21,22)10-12-4-3-5-12)18-17(24-11)13-6-8-14(23-2)9-7-13/h6-9,12H,3-5,10H2,1-2H3,(H,19,20). The number of nitrogens with one attached hydrogen (secondary N) is 1. The molecule has 1 saturated carbocycles. The number of benzene rings is 1. The Balaban J connectivity index is 1.75. The second-order valence-electron chi connectivity index (χ2n) is 6.16. The topological polar surface area (TPSA) is 98.5 Å². The van der Waals surface area contributed by atoms with Crippen molar-refractivity contribution >= 4 is 15.9 Å². The highest BCUT2D eigenvalue weighted by molar-refractivity contribution is 7.90. The number of nitrogens with zero attached hydrogens (tertiary/aromatic N) is 1. The summed E-state index contributed by atoms with van der Waals surface area (Å²) < 4.78 is 36.8. The van der Waals surface area contributed by atoms with Gasteiger partial charge in [0.15, 0.2) is 5.69 Å².